The molecule has 104 valence electrons. The van der Waals surface area contributed by atoms with Gasteiger partial charge in [-0.2, -0.15) is 0 Å². The number of aryl methyl sites for hydroxylation is 1. The van der Waals surface area contributed by atoms with Crippen LogP contribution in [0.4, 0.5) is 8.78 Å². The highest BCUT2D eigenvalue weighted by Crippen LogP contribution is 2.25. The summed E-state index contributed by atoms with van der Waals surface area (Å²) in [6, 6.07) is 14.5. The minimum atomic E-state index is -1.02. The van der Waals surface area contributed by atoms with Crippen LogP contribution in [0.15, 0.2) is 54.6 Å². The molecule has 0 aliphatic rings. The summed E-state index contributed by atoms with van der Waals surface area (Å²) < 4.78 is 26.4. The van der Waals surface area contributed by atoms with E-state index in [9.17, 15) is 13.6 Å². The Morgan fingerprint density at radius 2 is 1.67 bits per heavy atom. The van der Waals surface area contributed by atoms with E-state index in [1.165, 1.54) is 6.07 Å². The van der Waals surface area contributed by atoms with E-state index in [4.69, 9.17) is 0 Å². The van der Waals surface area contributed by atoms with Crippen LogP contribution in [0.25, 0.3) is 10.8 Å². The van der Waals surface area contributed by atoms with Gasteiger partial charge in [-0.1, -0.05) is 36.4 Å². The molecule has 0 aliphatic carbocycles. The van der Waals surface area contributed by atoms with Crippen LogP contribution in [0.2, 0.25) is 0 Å². The summed E-state index contributed by atoms with van der Waals surface area (Å²) in [5.41, 5.74) is 1.48. The van der Waals surface area contributed by atoms with Gasteiger partial charge in [-0.05, 0) is 41.5 Å². The molecule has 3 aromatic carbocycles. The van der Waals surface area contributed by atoms with E-state index in [1.54, 1.807) is 0 Å². The molecule has 0 unspecified atom stereocenters. The number of hydrogen-bond donors (Lipinski definition) is 0. The van der Waals surface area contributed by atoms with Crippen LogP contribution in [0.3, 0.4) is 0 Å². The summed E-state index contributed by atoms with van der Waals surface area (Å²) in [6.07, 6.45) is 0. The average molecular weight is 282 g/mol. The van der Waals surface area contributed by atoms with Gasteiger partial charge in [0, 0.05) is 11.1 Å². The maximum absolute atomic E-state index is 13.3. The Hall–Kier alpha value is -2.55. The Morgan fingerprint density at radius 1 is 0.905 bits per heavy atom. The number of fused-ring (bicyclic) bond motifs is 1. The smallest absolute Gasteiger partial charge is 0.194 e. The highest BCUT2D eigenvalue weighted by Gasteiger charge is 2.16. The van der Waals surface area contributed by atoms with Crippen molar-refractivity contribution in [1.29, 1.82) is 0 Å². The van der Waals surface area contributed by atoms with Gasteiger partial charge in [0.05, 0.1) is 0 Å². The molecule has 0 fully saturated rings. The first-order valence-electron chi connectivity index (χ1n) is 6.56. The first kappa shape index (κ1) is 13.4. The van der Waals surface area contributed by atoms with Gasteiger partial charge in [-0.25, -0.2) is 8.78 Å². The normalized spacial score (nSPS) is 10.8. The number of carbonyl (C=O) groups is 1. The zero-order valence-electron chi connectivity index (χ0n) is 11.4. The van der Waals surface area contributed by atoms with E-state index in [1.807, 2.05) is 43.3 Å². The Labute approximate surface area is 120 Å². The number of hydrogen-bond acceptors (Lipinski definition) is 1. The van der Waals surface area contributed by atoms with Crippen LogP contribution < -0.4 is 0 Å². The number of rotatable bonds is 2. The summed E-state index contributed by atoms with van der Waals surface area (Å²) in [5.74, 6) is -2.27. The Balaban J connectivity index is 2.21. The molecule has 0 spiro atoms. The van der Waals surface area contributed by atoms with Crippen molar-refractivity contribution in [3.63, 3.8) is 0 Å². The van der Waals surface area contributed by atoms with Crippen molar-refractivity contribution in [1.82, 2.24) is 0 Å². The van der Waals surface area contributed by atoms with E-state index in [-0.39, 0.29) is 11.3 Å². The van der Waals surface area contributed by atoms with Gasteiger partial charge >= 0.3 is 0 Å². The van der Waals surface area contributed by atoms with E-state index >= 15 is 0 Å². The van der Waals surface area contributed by atoms with Crippen LogP contribution in [0, 0.1) is 18.6 Å². The second kappa shape index (κ2) is 5.09. The van der Waals surface area contributed by atoms with Crippen molar-refractivity contribution in [3.8, 4) is 0 Å². The van der Waals surface area contributed by atoms with Crippen molar-refractivity contribution in [3.05, 3.63) is 82.9 Å². The summed E-state index contributed by atoms with van der Waals surface area (Å²) in [7, 11) is 0. The summed E-state index contributed by atoms with van der Waals surface area (Å²) >= 11 is 0. The number of carbonyl (C=O) groups excluding carboxylic acids is 1. The zero-order valence-corrected chi connectivity index (χ0v) is 11.4. The van der Waals surface area contributed by atoms with Gasteiger partial charge in [0.2, 0.25) is 0 Å². The molecule has 0 aromatic heterocycles. The highest BCUT2D eigenvalue weighted by molar-refractivity contribution is 6.17. The van der Waals surface area contributed by atoms with Crippen LogP contribution in [0.5, 0.6) is 0 Å². The van der Waals surface area contributed by atoms with Crippen LogP contribution in [-0.4, -0.2) is 5.78 Å². The van der Waals surface area contributed by atoms with Crippen LogP contribution >= 0.6 is 0 Å². The predicted octanol–water partition coefficient (Wildman–Crippen LogP) is 4.66. The fraction of sp³-hybridized carbons (Fsp3) is 0.0556. The van der Waals surface area contributed by atoms with Crippen LogP contribution in [0.1, 0.15) is 21.5 Å². The maximum Gasteiger partial charge on any atom is 0.194 e. The number of benzene rings is 3. The Morgan fingerprint density at radius 3 is 2.43 bits per heavy atom. The van der Waals surface area contributed by atoms with Crippen molar-refractivity contribution >= 4 is 16.6 Å². The lowest BCUT2D eigenvalue weighted by atomic mass is 9.93. The molecular weight excluding hydrogens is 270 g/mol. The monoisotopic (exact) mass is 282 g/mol. The molecule has 21 heavy (non-hydrogen) atoms. The fourth-order valence-corrected chi connectivity index (χ4v) is 2.46. The first-order valence-corrected chi connectivity index (χ1v) is 6.56. The van der Waals surface area contributed by atoms with Gasteiger partial charge in [0.15, 0.2) is 17.4 Å². The molecular formula is C18H12F2O. The Kier molecular flexibility index (Phi) is 3.26. The molecule has 3 aromatic rings. The topological polar surface area (TPSA) is 17.1 Å². The van der Waals surface area contributed by atoms with Crippen LogP contribution in [-0.2, 0) is 0 Å². The van der Waals surface area contributed by atoms with Gasteiger partial charge in [-0.15, -0.1) is 0 Å². The quantitative estimate of drug-likeness (QED) is 0.625. The molecule has 0 aliphatic heterocycles. The second-order valence-corrected chi connectivity index (χ2v) is 4.94. The highest BCUT2D eigenvalue weighted by atomic mass is 19.2. The molecule has 0 heterocycles. The summed E-state index contributed by atoms with van der Waals surface area (Å²) in [5, 5.41) is 1.75. The van der Waals surface area contributed by atoms with Crippen molar-refractivity contribution in [2.24, 2.45) is 0 Å². The molecule has 0 N–H and O–H groups in total. The fourth-order valence-electron chi connectivity index (χ4n) is 2.46. The van der Waals surface area contributed by atoms with Gasteiger partial charge in [0.1, 0.15) is 0 Å². The molecule has 0 saturated heterocycles. The molecule has 0 bridgehead atoms. The van der Waals surface area contributed by atoms with Crippen molar-refractivity contribution < 1.29 is 13.6 Å². The standard InChI is InChI=1S/C18H12F2O/c1-11-6-7-12-4-2-3-5-14(12)17(11)18(21)13-8-9-15(19)16(20)10-13/h2-10H,1H3. The maximum atomic E-state index is 13.3. The van der Waals surface area contributed by atoms with Gasteiger partial charge in [0.25, 0.3) is 0 Å². The molecule has 0 amide bonds. The molecule has 0 atom stereocenters. The summed E-state index contributed by atoms with van der Waals surface area (Å²) in [4.78, 5) is 12.7. The van der Waals surface area contributed by atoms with E-state index < -0.39 is 11.6 Å². The lowest BCUT2D eigenvalue weighted by Crippen LogP contribution is -2.05. The van der Waals surface area contributed by atoms with E-state index in [0.717, 1.165) is 28.5 Å². The minimum absolute atomic E-state index is 0.147. The van der Waals surface area contributed by atoms with E-state index in [0.29, 0.717) is 5.56 Å². The van der Waals surface area contributed by atoms with E-state index in [2.05, 4.69) is 0 Å². The number of halogens is 2. The molecule has 3 heteroatoms. The lowest BCUT2D eigenvalue weighted by molar-refractivity contribution is 0.103. The first-order chi connectivity index (χ1) is 10.1. The lowest BCUT2D eigenvalue weighted by Gasteiger charge is -2.10. The molecule has 3 rings (SSSR count). The van der Waals surface area contributed by atoms with Gasteiger partial charge < -0.3 is 0 Å². The third-order valence-electron chi connectivity index (χ3n) is 3.55. The molecule has 1 nitrogen and oxygen atoms in total. The molecule has 0 radical (unpaired) electrons. The predicted molar refractivity (Wildman–Crippen MR) is 78.5 cm³/mol. The van der Waals surface area contributed by atoms with Gasteiger partial charge in [-0.3, -0.25) is 4.79 Å². The number of ketones is 1. The minimum Gasteiger partial charge on any atom is -0.289 e. The van der Waals surface area contributed by atoms with Crippen molar-refractivity contribution in [2.75, 3.05) is 0 Å². The third-order valence-corrected chi connectivity index (χ3v) is 3.55. The molecule has 0 saturated carbocycles. The van der Waals surface area contributed by atoms with Crippen molar-refractivity contribution in [2.45, 2.75) is 6.92 Å². The largest absolute Gasteiger partial charge is 0.289 e. The average Bonchev–Trinajstić information content (AvgIpc) is 2.49. The second-order valence-electron chi connectivity index (χ2n) is 4.94. The summed E-state index contributed by atoms with van der Waals surface area (Å²) in [6.45, 7) is 1.83. The SMILES string of the molecule is Cc1ccc2ccccc2c1C(=O)c1ccc(F)c(F)c1. The Bertz CT molecular complexity index is 853. The third kappa shape index (κ3) is 2.31. The zero-order chi connectivity index (χ0) is 15.0.